The topological polar surface area (TPSA) is 0 Å². The average Bonchev–Trinajstić information content (AvgIpc) is 3.66. The number of benzene rings is 4. The third-order valence-electron chi connectivity index (χ3n) is 8.68. The van der Waals surface area contributed by atoms with E-state index in [4.69, 9.17) is 0 Å². The minimum atomic E-state index is 0. The van der Waals surface area contributed by atoms with Crippen LogP contribution in [0.15, 0.2) is 109 Å². The molecule has 0 N–H and O–H groups in total. The summed E-state index contributed by atoms with van der Waals surface area (Å²) in [6, 6.07) is 43.0. The molecule has 0 heterocycles. The van der Waals surface area contributed by atoms with Crippen molar-refractivity contribution in [2.75, 3.05) is 0 Å². The third kappa shape index (κ3) is 11.0. The monoisotopic (exact) mass is 752 g/mol. The fraction of sp³-hybridized carbons (Fsp3) is 0.333. The van der Waals surface area contributed by atoms with Crippen LogP contribution in [0.1, 0.15) is 114 Å². The van der Waals surface area contributed by atoms with Gasteiger partial charge in [0.25, 0.3) is 0 Å². The number of hydrogen-bond donors (Lipinski definition) is 0. The molecule has 1 aliphatic carbocycles. The molecule has 0 bridgehead atoms. The van der Waals surface area contributed by atoms with E-state index in [-0.39, 0.29) is 35.6 Å². The van der Waals surface area contributed by atoms with Crippen LogP contribution in [-0.2, 0) is 53.3 Å². The first-order valence-electron chi connectivity index (χ1n) is 16.7. The zero-order chi connectivity index (χ0) is 33.7. The van der Waals surface area contributed by atoms with Gasteiger partial charge in [0.2, 0.25) is 0 Å². The molecule has 0 atom stereocenters. The summed E-state index contributed by atoms with van der Waals surface area (Å²) >= 11 is 1.46. The normalized spacial score (nSPS) is 11.8. The van der Waals surface area contributed by atoms with E-state index in [1.165, 1.54) is 83.1 Å². The van der Waals surface area contributed by atoms with E-state index in [9.17, 15) is 0 Å². The van der Waals surface area contributed by atoms with Crippen LogP contribution in [0.3, 0.4) is 0 Å². The average molecular weight is 755 g/mol. The van der Waals surface area contributed by atoms with Crippen molar-refractivity contribution < 1.29 is 49.0 Å². The molecule has 0 saturated heterocycles. The Hall–Kier alpha value is -2.44. The van der Waals surface area contributed by atoms with Crippen LogP contribution in [0, 0.1) is 6.07 Å². The van der Waals surface area contributed by atoms with E-state index >= 15 is 0 Å². The summed E-state index contributed by atoms with van der Waals surface area (Å²) in [6.45, 7) is 22.6. The van der Waals surface area contributed by atoms with Gasteiger partial charge in [0.05, 0.1) is 0 Å². The van der Waals surface area contributed by atoms with Gasteiger partial charge in [0.1, 0.15) is 0 Å². The SMILES string of the molecule is CC(C)(C)c1[c-]c2c(cc1)-c1ccc(C(C)(C)C)cc1C2.CCc1cc(C(C)(C)C)c[cH-]1.[Cl-].[Cl-].[Zr+2]=[C](c1ccccc1)c1ccccc1. The molecule has 5 aromatic carbocycles. The molecular weight excluding hydrogens is 703 g/mol. The molecule has 48 heavy (non-hydrogen) atoms. The quantitative estimate of drug-likeness (QED) is 0.203. The number of aryl methyl sites for hydroxylation is 1. The predicted octanol–water partition coefficient (Wildman–Crippen LogP) is 5.73. The van der Waals surface area contributed by atoms with Gasteiger partial charge in [-0.15, -0.1) is 11.1 Å². The molecule has 0 radical (unpaired) electrons. The first kappa shape index (κ1) is 41.7. The second kappa shape index (κ2) is 17.5. The van der Waals surface area contributed by atoms with E-state index in [0.717, 1.165) is 12.8 Å². The summed E-state index contributed by atoms with van der Waals surface area (Å²) in [5, 5.41) is 0. The second-order valence-electron chi connectivity index (χ2n) is 15.5. The first-order chi connectivity index (χ1) is 21.6. The van der Waals surface area contributed by atoms with Crippen molar-refractivity contribution in [2.24, 2.45) is 0 Å². The Morgan fingerprint density at radius 3 is 1.60 bits per heavy atom. The summed E-state index contributed by atoms with van der Waals surface area (Å²) < 4.78 is 1.42. The molecule has 0 amide bonds. The van der Waals surface area contributed by atoms with Gasteiger partial charge in [0, 0.05) is 0 Å². The van der Waals surface area contributed by atoms with Crippen molar-refractivity contribution in [1.82, 2.24) is 0 Å². The number of rotatable bonds is 3. The summed E-state index contributed by atoms with van der Waals surface area (Å²) in [5.41, 5.74) is 14.6. The summed E-state index contributed by atoms with van der Waals surface area (Å²) in [6.07, 6.45) is 2.18. The van der Waals surface area contributed by atoms with E-state index < -0.39 is 0 Å². The van der Waals surface area contributed by atoms with Gasteiger partial charge >= 0.3 is 99.2 Å². The van der Waals surface area contributed by atoms with Gasteiger partial charge in [0.15, 0.2) is 0 Å². The van der Waals surface area contributed by atoms with Gasteiger partial charge < -0.3 is 24.8 Å². The van der Waals surface area contributed by atoms with Crippen molar-refractivity contribution >= 4 is 3.21 Å². The second-order valence-corrected chi connectivity index (χ2v) is 16.8. The maximum atomic E-state index is 3.67. The molecule has 0 nitrogen and oxygen atoms in total. The van der Waals surface area contributed by atoms with Gasteiger partial charge in [-0.3, -0.25) is 0 Å². The van der Waals surface area contributed by atoms with Crippen molar-refractivity contribution in [1.29, 1.82) is 0 Å². The predicted molar refractivity (Wildman–Crippen MR) is 197 cm³/mol. The van der Waals surface area contributed by atoms with Crippen LogP contribution in [0.5, 0.6) is 0 Å². The number of hydrogen-bond acceptors (Lipinski definition) is 0. The molecule has 0 unspecified atom stereocenters. The summed E-state index contributed by atoms with van der Waals surface area (Å²) in [7, 11) is 0. The van der Waals surface area contributed by atoms with E-state index in [1.54, 1.807) is 0 Å². The Balaban J connectivity index is 0.000000260. The van der Waals surface area contributed by atoms with Crippen molar-refractivity contribution in [3.63, 3.8) is 0 Å². The Morgan fingerprint density at radius 2 is 1.17 bits per heavy atom. The van der Waals surface area contributed by atoms with Crippen LogP contribution in [-0.4, -0.2) is 3.21 Å². The van der Waals surface area contributed by atoms with Crippen LogP contribution < -0.4 is 24.8 Å². The Bertz CT molecular complexity index is 1640. The minimum absolute atomic E-state index is 0. The van der Waals surface area contributed by atoms with Crippen LogP contribution in [0.2, 0.25) is 0 Å². The van der Waals surface area contributed by atoms with Gasteiger partial charge in [-0.05, 0) is 28.4 Å². The fourth-order valence-corrected chi connectivity index (χ4v) is 6.40. The number of halogens is 2. The van der Waals surface area contributed by atoms with Crippen molar-refractivity contribution in [3.8, 4) is 11.1 Å². The Labute approximate surface area is 319 Å². The van der Waals surface area contributed by atoms with Crippen LogP contribution in [0.4, 0.5) is 0 Å². The van der Waals surface area contributed by atoms with E-state index in [1.807, 2.05) is 0 Å². The molecule has 252 valence electrons. The molecule has 0 aromatic heterocycles. The van der Waals surface area contributed by atoms with E-state index in [0.29, 0.717) is 5.41 Å². The van der Waals surface area contributed by atoms with Crippen LogP contribution >= 0.6 is 0 Å². The molecule has 1 aliphatic rings. The van der Waals surface area contributed by atoms with Gasteiger partial charge in [-0.1, -0.05) is 105 Å². The maximum absolute atomic E-state index is 3.67. The van der Waals surface area contributed by atoms with Crippen molar-refractivity contribution in [3.05, 3.63) is 160 Å². The Kier molecular flexibility index (Phi) is 15.2. The molecule has 0 spiro atoms. The van der Waals surface area contributed by atoms with Crippen LogP contribution in [0.25, 0.3) is 11.1 Å². The molecule has 3 heteroatoms. The summed E-state index contributed by atoms with van der Waals surface area (Å²) in [5.74, 6) is 0. The zero-order valence-corrected chi connectivity index (χ0v) is 34.5. The molecular formula is C45H52Cl2Zr-2. The standard InChI is InChI=1S/C21H25.C13H10.C11H17.2ClH.Zr/c1-20(2,3)16-7-9-18-14(12-16)11-15-13-17(21(4,5)6)8-10-19(15)18;1-3-7-12(8-4-1)11-13-9-5-2-6-10-13;1-5-9-6-7-10(8-9)11(2,3)4;;;/h7-10,12H,11H2,1-6H3;1-10H;6-8H,5H2,1-4H3;2*1H;/q-1;;-1;;;+2/p-2. The first-order valence-corrected chi connectivity index (χ1v) is 18.0. The number of fused-ring (bicyclic) bond motifs is 3. The Morgan fingerprint density at radius 1 is 0.646 bits per heavy atom. The van der Waals surface area contributed by atoms with Crippen molar-refractivity contribution in [2.45, 2.75) is 98.3 Å². The fourth-order valence-electron chi connectivity index (χ4n) is 5.58. The molecule has 0 aliphatic heterocycles. The molecule has 0 saturated carbocycles. The van der Waals surface area contributed by atoms with E-state index in [2.05, 4.69) is 184 Å². The summed E-state index contributed by atoms with van der Waals surface area (Å²) in [4.78, 5) is 0. The third-order valence-corrected chi connectivity index (χ3v) is 10.1. The molecule has 6 rings (SSSR count). The molecule has 0 fully saturated rings. The van der Waals surface area contributed by atoms with Gasteiger partial charge in [-0.25, -0.2) is 6.07 Å². The van der Waals surface area contributed by atoms with Gasteiger partial charge in [-0.2, -0.15) is 47.0 Å². The molecule has 5 aromatic rings. The zero-order valence-electron chi connectivity index (χ0n) is 30.6.